The van der Waals surface area contributed by atoms with Gasteiger partial charge in [-0.25, -0.2) is 9.97 Å². The van der Waals surface area contributed by atoms with E-state index in [2.05, 4.69) is 15.0 Å². The van der Waals surface area contributed by atoms with Crippen molar-refractivity contribution in [2.45, 2.75) is 18.9 Å². The molecule has 0 bridgehead atoms. The van der Waals surface area contributed by atoms with E-state index in [9.17, 15) is 0 Å². The molecule has 0 spiro atoms. The third-order valence-electron chi connectivity index (χ3n) is 2.30. The van der Waals surface area contributed by atoms with Crippen molar-refractivity contribution in [2.24, 2.45) is 0 Å². The second-order valence-corrected chi connectivity index (χ2v) is 4.03. The third-order valence-corrected chi connectivity index (χ3v) is 2.73. The van der Waals surface area contributed by atoms with E-state index < -0.39 is 0 Å². The van der Waals surface area contributed by atoms with Crippen LogP contribution >= 0.6 is 23.2 Å². The minimum atomic E-state index is 0.142. The Morgan fingerprint density at radius 3 is 2.79 bits per heavy atom. The molecule has 0 aromatic carbocycles. The normalized spacial score (nSPS) is 16.4. The molecule has 1 aliphatic carbocycles. The molecular formula is C8H6Cl2N4. The van der Waals surface area contributed by atoms with Crippen LogP contribution in [0.4, 0.5) is 0 Å². The monoisotopic (exact) mass is 228 g/mol. The second kappa shape index (κ2) is 2.81. The first-order chi connectivity index (χ1) is 6.75. The van der Waals surface area contributed by atoms with Crippen molar-refractivity contribution in [1.82, 2.24) is 19.5 Å². The predicted molar refractivity (Wildman–Crippen MR) is 53.6 cm³/mol. The average Bonchev–Trinajstić information content (AvgIpc) is 2.87. The van der Waals surface area contributed by atoms with Crippen LogP contribution in [0.25, 0.3) is 11.2 Å². The fourth-order valence-corrected chi connectivity index (χ4v) is 1.98. The van der Waals surface area contributed by atoms with Gasteiger partial charge in [-0.1, -0.05) is 11.6 Å². The first-order valence-corrected chi connectivity index (χ1v) is 5.07. The lowest BCUT2D eigenvalue weighted by Gasteiger charge is -2.01. The van der Waals surface area contributed by atoms with Gasteiger partial charge in [0.05, 0.1) is 6.33 Å². The van der Waals surface area contributed by atoms with Gasteiger partial charge in [0.15, 0.2) is 10.8 Å². The van der Waals surface area contributed by atoms with Gasteiger partial charge in [0, 0.05) is 6.04 Å². The summed E-state index contributed by atoms with van der Waals surface area (Å²) in [6.45, 7) is 0. The molecule has 0 unspecified atom stereocenters. The topological polar surface area (TPSA) is 43.6 Å². The number of rotatable bonds is 1. The van der Waals surface area contributed by atoms with Gasteiger partial charge in [-0.15, -0.1) is 0 Å². The molecule has 72 valence electrons. The summed E-state index contributed by atoms with van der Waals surface area (Å²) in [4.78, 5) is 12.1. The van der Waals surface area contributed by atoms with Gasteiger partial charge in [0.25, 0.3) is 0 Å². The molecule has 2 aromatic rings. The Labute approximate surface area is 89.9 Å². The Morgan fingerprint density at radius 1 is 1.29 bits per heavy atom. The van der Waals surface area contributed by atoms with Gasteiger partial charge >= 0.3 is 0 Å². The SMILES string of the molecule is Clc1nc(Cl)c2c(ncn2C2CC2)n1. The maximum atomic E-state index is 5.98. The summed E-state index contributed by atoms with van der Waals surface area (Å²) in [6, 6.07) is 0.516. The van der Waals surface area contributed by atoms with Crippen molar-refractivity contribution < 1.29 is 0 Å². The van der Waals surface area contributed by atoms with Crippen molar-refractivity contribution >= 4 is 34.4 Å². The van der Waals surface area contributed by atoms with Crippen LogP contribution < -0.4 is 0 Å². The zero-order valence-electron chi connectivity index (χ0n) is 7.11. The van der Waals surface area contributed by atoms with E-state index in [-0.39, 0.29) is 5.28 Å². The first-order valence-electron chi connectivity index (χ1n) is 4.31. The predicted octanol–water partition coefficient (Wildman–Crippen LogP) is 2.47. The Balaban J connectivity index is 2.33. The van der Waals surface area contributed by atoms with Crippen molar-refractivity contribution in [3.8, 4) is 0 Å². The number of hydrogen-bond donors (Lipinski definition) is 0. The highest BCUT2D eigenvalue weighted by Gasteiger charge is 2.26. The van der Waals surface area contributed by atoms with Crippen LogP contribution in [-0.2, 0) is 0 Å². The van der Waals surface area contributed by atoms with Crippen LogP contribution in [-0.4, -0.2) is 19.5 Å². The number of halogens is 2. The van der Waals surface area contributed by atoms with E-state index in [1.54, 1.807) is 6.33 Å². The fraction of sp³-hybridized carbons (Fsp3) is 0.375. The minimum Gasteiger partial charge on any atom is -0.324 e. The van der Waals surface area contributed by atoms with Gasteiger partial charge < -0.3 is 4.57 Å². The lowest BCUT2D eigenvalue weighted by Crippen LogP contribution is -1.94. The van der Waals surface area contributed by atoms with Gasteiger partial charge in [-0.2, -0.15) is 4.98 Å². The Morgan fingerprint density at radius 2 is 2.07 bits per heavy atom. The van der Waals surface area contributed by atoms with Crippen LogP contribution in [0.1, 0.15) is 18.9 Å². The van der Waals surface area contributed by atoms with Crippen LogP contribution in [0.15, 0.2) is 6.33 Å². The molecule has 0 amide bonds. The molecular weight excluding hydrogens is 223 g/mol. The van der Waals surface area contributed by atoms with E-state index in [0.29, 0.717) is 16.8 Å². The maximum absolute atomic E-state index is 5.98. The molecule has 14 heavy (non-hydrogen) atoms. The summed E-state index contributed by atoms with van der Waals surface area (Å²) in [6.07, 6.45) is 4.09. The highest BCUT2D eigenvalue weighted by molar-refractivity contribution is 6.35. The van der Waals surface area contributed by atoms with Gasteiger partial charge in [-0.05, 0) is 24.4 Å². The minimum absolute atomic E-state index is 0.142. The number of imidazole rings is 1. The second-order valence-electron chi connectivity index (χ2n) is 3.34. The molecule has 0 saturated heterocycles. The molecule has 3 rings (SSSR count). The number of aromatic nitrogens is 4. The van der Waals surface area contributed by atoms with Crippen molar-refractivity contribution in [3.05, 3.63) is 16.8 Å². The summed E-state index contributed by atoms with van der Waals surface area (Å²) in [5, 5.41) is 0.521. The molecule has 0 atom stereocenters. The summed E-state index contributed by atoms with van der Waals surface area (Å²) in [7, 11) is 0. The molecule has 1 aliphatic rings. The molecule has 2 heterocycles. The van der Waals surface area contributed by atoms with Gasteiger partial charge in [-0.3, -0.25) is 0 Å². The molecule has 0 N–H and O–H groups in total. The van der Waals surface area contributed by atoms with Crippen molar-refractivity contribution in [3.63, 3.8) is 0 Å². The number of nitrogens with zero attached hydrogens (tertiary/aromatic N) is 4. The molecule has 1 fully saturated rings. The highest BCUT2D eigenvalue weighted by atomic mass is 35.5. The summed E-state index contributed by atoms with van der Waals surface area (Å²) >= 11 is 11.7. The van der Waals surface area contributed by atoms with E-state index in [1.807, 2.05) is 4.57 Å². The summed E-state index contributed by atoms with van der Waals surface area (Å²) < 4.78 is 2.02. The van der Waals surface area contributed by atoms with E-state index >= 15 is 0 Å². The Bertz CT molecular complexity index is 503. The lowest BCUT2D eigenvalue weighted by molar-refractivity contribution is 0.764. The molecule has 0 aliphatic heterocycles. The largest absolute Gasteiger partial charge is 0.324 e. The van der Waals surface area contributed by atoms with E-state index in [0.717, 1.165) is 5.52 Å². The molecule has 2 aromatic heterocycles. The highest BCUT2D eigenvalue weighted by Crippen LogP contribution is 2.38. The summed E-state index contributed by atoms with van der Waals surface area (Å²) in [5.74, 6) is 0. The van der Waals surface area contributed by atoms with Gasteiger partial charge in [0.2, 0.25) is 5.28 Å². The number of fused-ring (bicyclic) bond motifs is 1. The van der Waals surface area contributed by atoms with Crippen LogP contribution in [0.2, 0.25) is 10.4 Å². The molecule has 0 radical (unpaired) electrons. The molecule has 1 saturated carbocycles. The maximum Gasteiger partial charge on any atom is 0.225 e. The molecule has 4 nitrogen and oxygen atoms in total. The summed E-state index contributed by atoms with van der Waals surface area (Å²) in [5.41, 5.74) is 1.36. The Kier molecular flexibility index (Phi) is 1.69. The van der Waals surface area contributed by atoms with Crippen LogP contribution in [0.5, 0.6) is 0 Å². The number of hydrogen-bond acceptors (Lipinski definition) is 3. The first kappa shape index (κ1) is 8.44. The van der Waals surface area contributed by atoms with E-state index in [4.69, 9.17) is 23.2 Å². The van der Waals surface area contributed by atoms with Crippen molar-refractivity contribution in [2.75, 3.05) is 0 Å². The zero-order valence-corrected chi connectivity index (χ0v) is 8.63. The Hall–Kier alpha value is -0.870. The fourth-order valence-electron chi connectivity index (χ4n) is 1.51. The van der Waals surface area contributed by atoms with E-state index in [1.165, 1.54) is 12.8 Å². The zero-order chi connectivity index (χ0) is 9.71. The smallest absolute Gasteiger partial charge is 0.225 e. The molecule has 6 heteroatoms. The van der Waals surface area contributed by atoms with Crippen LogP contribution in [0, 0.1) is 0 Å². The standard InChI is InChI=1S/C8H6Cl2N4/c9-6-5-7(13-8(10)12-6)11-3-14(5)4-1-2-4/h3-4H,1-2H2. The quantitative estimate of drug-likeness (QED) is 0.557. The third kappa shape index (κ3) is 1.18. The van der Waals surface area contributed by atoms with Crippen molar-refractivity contribution in [1.29, 1.82) is 0 Å². The van der Waals surface area contributed by atoms with Crippen LogP contribution in [0.3, 0.4) is 0 Å². The lowest BCUT2D eigenvalue weighted by atomic mass is 10.5. The average molecular weight is 229 g/mol. The van der Waals surface area contributed by atoms with Gasteiger partial charge in [0.1, 0.15) is 5.52 Å².